The molecule has 112 valence electrons. The summed E-state index contributed by atoms with van der Waals surface area (Å²) in [7, 11) is -3.95. The Balaban J connectivity index is 2.48. The second-order valence-corrected chi connectivity index (χ2v) is 6.62. The second kappa shape index (κ2) is 5.61. The zero-order chi connectivity index (χ0) is 15.8. The van der Waals surface area contributed by atoms with E-state index in [0.717, 1.165) is 24.3 Å². The van der Waals surface area contributed by atoms with Crippen LogP contribution in [-0.4, -0.2) is 8.42 Å². The summed E-state index contributed by atoms with van der Waals surface area (Å²) in [5.74, 6) is -1.08. The third kappa shape index (κ3) is 3.33. The Labute approximate surface area is 126 Å². The van der Waals surface area contributed by atoms with Crippen LogP contribution >= 0.6 is 11.6 Å². The van der Waals surface area contributed by atoms with Crippen molar-refractivity contribution in [1.29, 1.82) is 0 Å². The molecular weight excluding hydrogens is 320 g/mol. The fourth-order valence-electron chi connectivity index (χ4n) is 2.09. The van der Waals surface area contributed by atoms with E-state index in [4.69, 9.17) is 11.6 Å². The maximum atomic E-state index is 13.3. The lowest BCUT2D eigenvalue weighted by molar-refractivity contribution is 0.597. The number of hydrogen-bond donors (Lipinski definition) is 1. The molecule has 21 heavy (non-hydrogen) atoms. The summed E-state index contributed by atoms with van der Waals surface area (Å²) >= 11 is 5.80. The van der Waals surface area contributed by atoms with Crippen molar-refractivity contribution in [2.45, 2.75) is 18.7 Å². The molecule has 0 heterocycles. The van der Waals surface area contributed by atoms with Crippen molar-refractivity contribution in [2.24, 2.45) is 0 Å². The van der Waals surface area contributed by atoms with Crippen molar-refractivity contribution < 1.29 is 17.2 Å². The van der Waals surface area contributed by atoms with Gasteiger partial charge in [-0.15, -0.1) is 0 Å². The minimum absolute atomic E-state index is 0.0238. The highest BCUT2D eigenvalue weighted by atomic mass is 35.5. The van der Waals surface area contributed by atoms with Crippen LogP contribution in [0.25, 0.3) is 0 Å². The monoisotopic (exact) mass is 331 g/mol. The van der Waals surface area contributed by atoms with Crippen molar-refractivity contribution in [3.8, 4) is 0 Å². The van der Waals surface area contributed by atoms with Crippen LogP contribution in [0.5, 0.6) is 0 Å². The van der Waals surface area contributed by atoms with Gasteiger partial charge in [0.15, 0.2) is 0 Å². The molecule has 0 fully saturated rings. The summed E-state index contributed by atoms with van der Waals surface area (Å²) in [5, 5.41) is -0.0593. The molecule has 0 atom stereocenters. The van der Waals surface area contributed by atoms with E-state index in [-0.39, 0.29) is 26.7 Å². The molecule has 0 saturated heterocycles. The number of sulfonamides is 1. The van der Waals surface area contributed by atoms with Crippen LogP contribution in [0.3, 0.4) is 0 Å². The lowest BCUT2D eigenvalue weighted by Gasteiger charge is -2.14. The molecule has 2 aromatic carbocycles. The Morgan fingerprint density at radius 3 is 2.10 bits per heavy atom. The summed E-state index contributed by atoms with van der Waals surface area (Å²) in [5.41, 5.74) is 0.609. The average molecular weight is 332 g/mol. The van der Waals surface area contributed by atoms with Crippen molar-refractivity contribution in [1.82, 2.24) is 0 Å². The van der Waals surface area contributed by atoms with Gasteiger partial charge < -0.3 is 0 Å². The summed E-state index contributed by atoms with van der Waals surface area (Å²) in [6, 6.07) is 5.59. The first-order valence-electron chi connectivity index (χ1n) is 5.95. The van der Waals surface area contributed by atoms with Gasteiger partial charge in [0.05, 0.1) is 15.6 Å². The fourth-order valence-corrected chi connectivity index (χ4v) is 3.90. The van der Waals surface area contributed by atoms with E-state index in [1.54, 1.807) is 0 Å². The minimum Gasteiger partial charge on any atom is -0.278 e. The summed E-state index contributed by atoms with van der Waals surface area (Å²) in [6.07, 6.45) is 0. The molecule has 0 aliphatic carbocycles. The molecule has 0 aliphatic rings. The smallest absolute Gasteiger partial charge is 0.262 e. The van der Waals surface area contributed by atoms with Crippen LogP contribution < -0.4 is 4.72 Å². The van der Waals surface area contributed by atoms with Crippen molar-refractivity contribution in [3.63, 3.8) is 0 Å². The number of anilines is 1. The molecule has 2 rings (SSSR count). The van der Waals surface area contributed by atoms with E-state index < -0.39 is 21.7 Å². The number of hydrogen-bond acceptors (Lipinski definition) is 2. The zero-order valence-electron chi connectivity index (χ0n) is 11.2. The average Bonchev–Trinajstić information content (AvgIpc) is 2.30. The Bertz CT molecular complexity index is 784. The molecule has 3 nitrogen and oxygen atoms in total. The third-order valence-corrected chi connectivity index (χ3v) is 4.85. The number of nitrogens with one attached hydrogen (secondary N) is 1. The molecular formula is C14H12ClF2NO2S. The highest BCUT2D eigenvalue weighted by Gasteiger charge is 2.21. The van der Waals surface area contributed by atoms with E-state index in [1.807, 2.05) is 0 Å². The second-order valence-electron chi connectivity index (χ2n) is 4.60. The Morgan fingerprint density at radius 2 is 1.57 bits per heavy atom. The van der Waals surface area contributed by atoms with Crippen molar-refractivity contribution >= 4 is 27.3 Å². The highest BCUT2D eigenvalue weighted by molar-refractivity contribution is 7.92. The van der Waals surface area contributed by atoms with Crippen LogP contribution in [0, 0.1) is 25.5 Å². The van der Waals surface area contributed by atoms with Gasteiger partial charge in [0, 0.05) is 0 Å². The van der Waals surface area contributed by atoms with E-state index in [1.165, 1.54) is 19.9 Å². The molecule has 0 saturated carbocycles. The van der Waals surface area contributed by atoms with Crippen LogP contribution in [0.15, 0.2) is 35.2 Å². The van der Waals surface area contributed by atoms with Crippen molar-refractivity contribution in [2.75, 3.05) is 4.72 Å². The van der Waals surface area contributed by atoms with E-state index in [2.05, 4.69) is 4.72 Å². The normalized spacial score (nSPS) is 11.5. The number of aryl methyl sites for hydroxylation is 2. The molecule has 0 unspecified atom stereocenters. The largest absolute Gasteiger partial charge is 0.278 e. The van der Waals surface area contributed by atoms with E-state index >= 15 is 0 Å². The van der Waals surface area contributed by atoms with Gasteiger partial charge in [-0.25, -0.2) is 17.2 Å². The fraction of sp³-hybridized carbons (Fsp3) is 0.143. The maximum absolute atomic E-state index is 13.3. The first-order chi connectivity index (χ1) is 9.70. The molecule has 0 aromatic heterocycles. The Hall–Kier alpha value is -1.66. The summed E-state index contributed by atoms with van der Waals surface area (Å²) in [4.78, 5) is -0.0238. The highest BCUT2D eigenvalue weighted by Crippen LogP contribution is 2.28. The van der Waals surface area contributed by atoms with Crippen LogP contribution in [0.2, 0.25) is 5.02 Å². The topological polar surface area (TPSA) is 46.2 Å². The molecule has 0 amide bonds. The number of rotatable bonds is 3. The number of benzene rings is 2. The SMILES string of the molecule is Cc1cc(F)cc(C)c1S(=O)(=O)Nc1ccc(F)cc1Cl. The molecule has 7 heteroatoms. The maximum Gasteiger partial charge on any atom is 0.262 e. The van der Waals surface area contributed by atoms with Gasteiger partial charge in [-0.2, -0.15) is 0 Å². The van der Waals surface area contributed by atoms with E-state index in [0.29, 0.717) is 0 Å². The molecule has 1 N–H and O–H groups in total. The first kappa shape index (κ1) is 15.7. The Kier molecular flexibility index (Phi) is 4.20. The predicted molar refractivity (Wildman–Crippen MR) is 78.1 cm³/mol. The van der Waals surface area contributed by atoms with Gasteiger partial charge in [-0.1, -0.05) is 11.6 Å². The molecule has 0 aliphatic heterocycles. The number of halogens is 3. The van der Waals surface area contributed by atoms with Gasteiger partial charge in [-0.3, -0.25) is 4.72 Å². The third-order valence-electron chi connectivity index (χ3n) is 2.87. The molecule has 0 radical (unpaired) electrons. The van der Waals surface area contributed by atoms with Crippen LogP contribution in [-0.2, 0) is 10.0 Å². The van der Waals surface area contributed by atoms with Gasteiger partial charge >= 0.3 is 0 Å². The predicted octanol–water partition coefficient (Wildman–Crippen LogP) is 4.04. The summed E-state index contributed by atoms with van der Waals surface area (Å²) < 4.78 is 53.3. The van der Waals surface area contributed by atoms with Gasteiger partial charge in [0.2, 0.25) is 0 Å². The van der Waals surface area contributed by atoms with E-state index in [9.17, 15) is 17.2 Å². The van der Waals surface area contributed by atoms with Gasteiger partial charge in [-0.05, 0) is 55.3 Å². The lowest BCUT2D eigenvalue weighted by atomic mass is 10.1. The molecule has 2 aromatic rings. The van der Waals surface area contributed by atoms with Gasteiger partial charge in [0.25, 0.3) is 10.0 Å². The standard InChI is InChI=1S/C14H12ClF2NO2S/c1-8-5-11(17)6-9(2)14(8)21(19,20)18-13-4-3-10(16)7-12(13)15/h3-7,18H,1-2H3. The minimum atomic E-state index is -3.95. The first-order valence-corrected chi connectivity index (χ1v) is 7.81. The van der Waals surface area contributed by atoms with Crippen molar-refractivity contribution in [3.05, 3.63) is 58.1 Å². The molecule has 0 bridgehead atoms. The Morgan fingerprint density at radius 1 is 1.00 bits per heavy atom. The lowest BCUT2D eigenvalue weighted by Crippen LogP contribution is -2.16. The van der Waals surface area contributed by atoms with Gasteiger partial charge in [0.1, 0.15) is 11.6 Å². The van der Waals surface area contributed by atoms with Crippen LogP contribution in [0.4, 0.5) is 14.5 Å². The zero-order valence-corrected chi connectivity index (χ0v) is 12.8. The molecule has 0 spiro atoms. The summed E-state index contributed by atoms with van der Waals surface area (Å²) in [6.45, 7) is 2.99. The van der Waals surface area contributed by atoms with Crippen LogP contribution in [0.1, 0.15) is 11.1 Å². The quantitative estimate of drug-likeness (QED) is 0.922.